The topological polar surface area (TPSA) is 123 Å². The van der Waals surface area contributed by atoms with Crippen LogP contribution in [0.15, 0.2) is 18.2 Å². The van der Waals surface area contributed by atoms with E-state index in [4.69, 9.17) is 0 Å². The molecule has 1 aromatic rings. The van der Waals surface area contributed by atoms with Gasteiger partial charge in [0.1, 0.15) is 0 Å². The Morgan fingerprint density at radius 2 is 1.71 bits per heavy atom. The van der Waals surface area contributed by atoms with Crippen molar-refractivity contribution in [2.75, 3.05) is 4.72 Å². The lowest BCUT2D eigenvalue weighted by atomic mass is 9.58. The molecule has 8 heteroatoms. The Morgan fingerprint density at radius 1 is 1.07 bits per heavy atom. The average molecular weight is 398 g/mol. The molecule has 2 N–H and O–H groups in total. The van der Waals surface area contributed by atoms with Gasteiger partial charge >= 0.3 is 0 Å². The van der Waals surface area contributed by atoms with Crippen molar-refractivity contribution in [2.45, 2.75) is 62.2 Å². The van der Waals surface area contributed by atoms with Crippen molar-refractivity contribution in [3.8, 4) is 12.1 Å². The minimum Gasteiger partial charge on any atom is -0.347 e. The molecule has 0 spiro atoms. The first-order chi connectivity index (χ1) is 13.3. The third-order valence-corrected chi connectivity index (χ3v) is 8.32. The van der Waals surface area contributed by atoms with E-state index in [1.807, 2.05) is 6.07 Å². The molecule has 28 heavy (non-hydrogen) atoms. The largest absolute Gasteiger partial charge is 0.347 e. The van der Waals surface area contributed by atoms with E-state index in [9.17, 15) is 23.7 Å². The number of carbonyl (C=O) groups excluding carboxylic acids is 1. The lowest BCUT2D eigenvalue weighted by molar-refractivity contribution is 0.0522. The highest BCUT2D eigenvalue weighted by Crippen LogP contribution is 2.52. The highest BCUT2D eigenvalue weighted by atomic mass is 32.2. The van der Waals surface area contributed by atoms with Crippen molar-refractivity contribution in [3.05, 3.63) is 29.3 Å². The van der Waals surface area contributed by atoms with Crippen LogP contribution in [0.4, 0.5) is 5.69 Å². The molecule has 4 saturated carbocycles. The molecule has 0 saturated heterocycles. The molecule has 4 aliphatic carbocycles. The van der Waals surface area contributed by atoms with Crippen LogP contribution in [0.5, 0.6) is 0 Å². The summed E-state index contributed by atoms with van der Waals surface area (Å²) in [5.41, 5.74) is 0.0643. The lowest BCUT2D eigenvalue weighted by Gasteiger charge is -2.50. The number of amides is 1. The molecule has 0 radical (unpaired) electrons. The van der Waals surface area contributed by atoms with Gasteiger partial charge in [-0.25, -0.2) is 8.42 Å². The van der Waals surface area contributed by atoms with E-state index in [0.717, 1.165) is 38.5 Å². The lowest BCUT2D eigenvalue weighted by Crippen LogP contribution is -2.56. The Hall–Kier alpha value is -2.58. The standard InChI is InChI=1S/C20H22N4O3S/c21-12-14-1-4-17(24-28(26,27)15-2-3-15)16(11-14)18(25)23-20-8-5-19(13-22,6-9-20)7-10-20/h1,4,11,15,24H,2-3,5-10H2,(H,23,25). The minimum absolute atomic E-state index is 0.167. The van der Waals surface area contributed by atoms with Crippen LogP contribution in [0.1, 0.15) is 67.3 Å². The van der Waals surface area contributed by atoms with Crippen LogP contribution < -0.4 is 10.0 Å². The first kappa shape index (κ1) is 18.8. The van der Waals surface area contributed by atoms with Gasteiger partial charge in [0.2, 0.25) is 10.0 Å². The summed E-state index contributed by atoms with van der Waals surface area (Å²) in [5.74, 6) is -0.378. The molecule has 0 aliphatic heterocycles. The Balaban J connectivity index is 1.58. The predicted octanol–water partition coefficient (Wildman–Crippen LogP) is 2.81. The summed E-state index contributed by atoms with van der Waals surface area (Å²) in [7, 11) is -3.52. The van der Waals surface area contributed by atoms with Crippen LogP contribution in [0.3, 0.4) is 0 Å². The first-order valence-electron chi connectivity index (χ1n) is 9.60. The van der Waals surface area contributed by atoms with Gasteiger partial charge in [0.15, 0.2) is 0 Å². The Kier molecular flexibility index (Phi) is 4.35. The summed E-state index contributed by atoms with van der Waals surface area (Å²) in [6.07, 6.45) is 5.78. The molecule has 2 bridgehead atoms. The molecule has 4 aliphatic rings. The van der Waals surface area contributed by atoms with Crippen LogP contribution in [0.2, 0.25) is 0 Å². The number of fused-ring (bicyclic) bond motifs is 3. The summed E-state index contributed by atoms with van der Waals surface area (Å²) in [6.45, 7) is 0. The summed E-state index contributed by atoms with van der Waals surface area (Å²) in [5, 5.41) is 21.3. The Bertz CT molecular complexity index is 990. The third kappa shape index (κ3) is 3.33. The third-order valence-electron chi connectivity index (χ3n) is 6.47. The van der Waals surface area contributed by atoms with E-state index in [-0.39, 0.29) is 28.1 Å². The van der Waals surface area contributed by atoms with Crippen LogP contribution in [0, 0.1) is 28.1 Å². The number of sulfonamides is 1. The number of carbonyl (C=O) groups is 1. The maximum Gasteiger partial charge on any atom is 0.253 e. The van der Waals surface area contributed by atoms with E-state index >= 15 is 0 Å². The quantitative estimate of drug-likeness (QED) is 0.789. The second-order valence-corrected chi connectivity index (χ2v) is 10.3. The van der Waals surface area contributed by atoms with Gasteiger partial charge in [-0.2, -0.15) is 10.5 Å². The molecule has 0 aromatic heterocycles. The van der Waals surface area contributed by atoms with Gasteiger partial charge in [-0.05, 0) is 69.6 Å². The van der Waals surface area contributed by atoms with Crippen LogP contribution in [0.25, 0.3) is 0 Å². The molecule has 4 fully saturated rings. The van der Waals surface area contributed by atoms with Gasteiger partial charge in [-0.1, -0.05) is 0 Å². The monoisotopic (exact) mass is 398 g/mol. The molecule has 5 rings (SSSR count). The number of nitrogens with one attached hydrogen (secondary N) is 2. The van der Waals surface area contributed by atoms with Crippen LogP contribution in [-0.4, -0.2) is 25.1 Å². The van der Waals surface area contributed by atoms with Crippen molar-refractivity contribution in [3.63, 3.8) is 0 Å². The molecule has 1 amide bonds. The normalized spacial score (nSPS) is 28.8. The van der Waals surface area contributed by atoms with Crippen molar-refractivity contribution >= 4 is 21.6 Å². The maximum absolute atomic E-state index is 13.1. The first-order valence-corrected chi connectivity index (χ1v) is 11.1. The van der Waals surface area contributed by atoms with Gasteiger partial charge in [0.25, 0.3) is 5.91 Å². The Morgan fingerprint density at radius 3 is 2.25 bits per heavy atom. The number of anilines is 1. The molecule has 146 valence electrons. The smallest absolute Gasteiger partial charge is 0.253 e. The molecule has 0 unspecified atom stereocenters. The number of rotatable bonds is 5. The van der Waals surface area contributed by atoms with Gasteiger partial charge in [0.05, 0.1) is 39.6 Å². The van der Waals surface area contributed by atoms with Gasteiger partial charge < -0.3 is 5.32 Å². The van der Waals surface area contributed by atoms with E-state index < -0.39 is 15.3 Å². The molecular formula is C20H22N4O3S. The van der Waals surface area contributed by atoms with E-state index in [2.05, 4.69) is 16.1 Å². The van der Waals surface area contributed by atoms with Crippen LogP contribution in [-0.2, 0) is 10.0 Å². The van der Waals surface area contributed by atoms with E-state index in [1.165, 1.54) is 18.2 Å². The molecule has 7 nitrogen and oxygen atoms in total. The zero-order valence-electron chi connectivity index (χ0n) is 15.5. The number of nitrogens with zero attached hydrogens (tertiary/aromatic N) is 2. The van der Waals surface area contributed by atoms with Crippen molar-refractivity contribution < 1.29 is 13.2 Å². The van der Waals surface area contributed by atoms with Crippen molar-refractivity contribution in [1.29, 1.82) is 10.5 Å². The highest BCUT2D eigenvalue weighted by Gasteiger charge is 2.49. The highest BCUT2D eigenvalue weighted by molar-refractivity contribution is 7.93. The minimum atomic E-state index is -3.52. The van der Waals surface area contributed by atoms with Gasteiger partial charge in [0, 0.05) is 5.54 Å². The summed E-state index contributed by atoms with van der Waals surface area (Å²) in [6, 6.07) is 8.86. The summed E-state index contributed by atoms with van der Waals surface area (Å²) < 4.78 is 27.2. The maximum atomic E-state index is 13.1. The number of hydrogen-bond acceptors (Lipinski definition) is 5. The number of nitriles is 2. The summed E-state index contributed by atoms with van der Waals surface area (Å²) >= 11 is 0. The fraction of sp³-hybridized carbons (Fsp3) is 0.550. The predicted molar refractivity (Wildman–Crippen MR) is 103 cm³/mol. The zero-order valence-corrected chi connectivity index (χ0v) is 16.3. The van der Waals surface area contributed by atoms with Crippen LogP contribution >= 0.6 is 0 Å². The van der Waals surface area contributed by atoms with Crippen molar-refractivity contribution in [2.24, 2.45) is 5.41 Å². The average Bonchev–Trinajstić information content (AvgIpc) is 3.55. The van der Waals surface area contributed by atoms with E-state index in [1.54, 1.807) is 0 Å². The van der Waals surface area contributed by atoms with Gasteiger partial charge in [-0.3, -0.25) is 9.52 Å². The van der Waals surface area contributed by atoms with Crippen molar-refractivity contribution in [1.82, 2.24) is 5.32 Å². The second-order valence-electron chi connectivity index (χ2n) is 8.35. The second kappa shape index (κ2) is 6.49. The SMILES string of the molecule is N#Cc1ccc(NS(=O)(=O)C2CC2)c(C(=O)NC23CCC(C#N)(CC2)CC3)c1. The zero-order chi connectivity index (χ0) is 20.0. The number of benzene rings is 1. The molecule has 0 heterocycles. The van der Waals surface area contributed by atoms with E-state index in [0.29, 0.717) is 18.4 Å². The summed E-state index contributed by atoms with van der Waals surface area (Å²) in [4.78, 5) is 13.1. The van der Waals surface area contributed by atoms with Gasteiger partial charge in [-0.15, -0.1) is 0 Å². The molecular weight excluding hydrogens is 376 g/mol. The number of hydrogen-bond donors (Lipinski definition) is 2. The fourth-order valence-electron chi connectivity index (χ4n) is 4.35. The Labute approximate surface area is 164 Å². The molecule has 1 aromatic carbocycles. The molecule has 0 atom stereocenters. The fourth-order valence-corrected chi connectivity index (χ4v) is 5.76.